The zero-order chi connectivity index (χ0) is 14.2. The smallest absolute Gasteiger partial charge is 0.0847 e. The maximum Gasteiger partial charge on any atom is 0.0847 e. The van der Waals surface area contributed by atoms with Gasteiger partial charge < -0.3 is 5.73 Å². The van der Waals surface area contributed by atoms with Gasteiger partial charge in [-0.2, -0.15) is 5.10 Å². The Morgan fingerprint density at radius 1 is 1.53 bits per heavy atom. The van der Waals surface area contributed by atoms with Gasteiger partial charge >= 0.3 is 0 Å². The van der Waals surface area contributed by atoms with Crippen LogP contribution in [-0.4, -0.2) is 15.8 Å². The van der Waals surface area contributed by atoms with E-state index < -0.39 is 0 Å². The summed E-state index contributed by atoms with van der Waals surface area (Å²) in [6.07, 6.45) is 4.66. The molecule has 1 aliphatic rings. The van der Waals surface area contributed by atoms with Gasteiger partial charge in [0.1, 0.15) is 0 Å². The van der Waals surface area contributed by atoms with Gasteiger partial charge in [0.25, 0.3) is 0 Å². The minimum absolute atomic E-state index is 0.177. The van der Waals surface area contributed by atoms with Gasteiger partial charge in [-0.15, -0.1) is 0 Å². The van der Waals surface area contributed by atoms with E-state index in [0.29, 0.717) is 11.3 Å². The molecule has 4 heteroatoms. The van der Waals surface area contributed by atoms with Crippen LogP contribution in [0.1, 0.15) is 51.4 Å². The first-order chi connectivity index (χ1) is 8.86. The third-order valence-corrected chi connectivity index (χ3v) is 5.23. The van der Waals surface area contributed by atoms with E-state index in [1.54, 1.807) is 0 Å². The molecule has 1 aliphatic carbocycles. The van der Waals surface area contributed by atoms with Crippen LogP contribution < -0.4 is 5.73 Å². The Hall–Kier alpha value is -0.540. The molecule has 2 N–H and O–H groups in total. The molecule has 2 rings (SSSR count). The van der Waals surface area contributed by atoms with Gasteiger partial charge in [0.15, 0.2) is 0 Å². The van der Waals surface area contributed by atoms with Crippen molar-refractivity contribution in [3.63, 3.8) is 0 Å². The minimum atomic E-state index is 0.177. The molecule has 1 aromatic heterocycles. The van der Waals surface area contributed by atoms with E-state index in [2.05, 4.69) is 25.9 Å². The number of rotatable bonds is 4. The summed E-state index contributed by atoms with van der Waals surface area (Å²) < 4.78 is 2.00. The average molecular weight is 284 g/mol. The Morgan fingerprint density at radius 3 is 2.74 bits per heavy atom. The summed E-state index contributed by atoms with van der Waals surface area (Å²) in [6, 6.07) is 0.177. The zero-order valence-electron chi connectivity index (χ0n) is 12.5. The first kappa shape index (κ1) is 14.9. The van der Waals surface area contributed by atoms with Crippen LogP contribution in [0, 0.1) is 18.3 Å². The van der Waals surface area contributed by atoms with Crippen molar-refractivity contribution in [2.75, 3.05) is 0 Å². The van der Waals surface area contributed by atoms with Gasteiger partial charge in [-0.3, -0.25) is 4.68 Å². The van der Waals surface area contributed by atoms with E-state index >= 15 is 0 Å². The highest BCUT2D eigenvalue weighted by atomic mass is 35.5. The van der Waals surface area contributed by atoms with Gasteiger partial charge in [0.05, 0.1) is 16.4 Å². The Labute approximate surface area is 121 Å². The lowest BCUT2D eigenvalue weighted by atomic mass is 9.76. The zero-order valence-corrected chi connectivity index (χ0v) is 13.3. The normalized spacial score (nSPS) is 23.8. The van der Waals surface area contributed by atoms with Crippen molar-refractivity contribution >= 4 is 11.6 Å². The van der Waals surface area contributed by atoms with Crippen molar-refractivity contribution in [1.29, 1.82) is 0 Å². The summed E-state index contributed by atoms with van der Waals surface area (Å²) >= 11 is 6.38. The summed E-state index contributed by atoms with van der Waals surface area (Å²) in [4.78, 5) is 0. The van der Waals surface area contributed by atoms with Crippen LogP contribution in [0.25, 0.3) is 0 Å². The summed E-state index contributed by atoms with van der Waals surface area (Å²) in [5, 5.41) is 5.27. The largest absolute Gasteiger partial charge is 0.327 e. The fourth-order valence-corrected chi connectivity index (χ4v) is 3.79. The molecule has 1 saturated carbocycles. The number of nitrogens with zero attached hydrogens (tertiary/aromatic N) is 2. The highest BCUT2D eigenvalue weighted by Gasteiger charge is 2.38. The molecule has 108 valence electrons. The van der Waals surface area contributed by atoms with Gasteiger partial charge in [0, 0.05) is 19.0 Å². The van der Waals surface area contributed by atoms with Crippen molar-refractivity contribution in [2.24, 2.45) is 17.1 Å². The number of aryl methyl sites for hydroxylation is 2. The Kier molecular flexibility index (Phi) is 4.26. The van der Waals surface area contributed by atoms with Crippen LogP contribution in [-0.2, 0) is 13.0 Å². The van der Waals surface area contributed by atoms with E-state index in [0.717, 1.165) is 29.4 Å². The molecule has 0 saturated heterocycles. The van der Waals surface area contributed by atoms with E-state index in [4.69, 9.17) is 17.3 Å². The molecule has 0 spiro atoms. The fourth-order valence-electron chi connectivity index (χ4n) is 3.58. The molecule has 3 nitrogen and oxygen atoms in total. The number of hydrogen-bond acceptors (Lipinski definition) is 2. The van der Waals surface area contributed by atoms with E-state index in [1.165, 1.54) is 19.3 Å². The first-order valence-electron chi connectivity index (χ1n) is 7.34. The maximum absolute atomic E-state index is 6.49. The summed E-state index contributed by atoms with van der Waals surface area (Å²) in [7, 11) is 0. The van der Waals surface area contributed by atoms with Crippen molar-refractivity contribution in [3.05, 3.63) is 16.4 Å². The van der Waals surface area contributed by atoms with Crippen LogP contribution in [0.5, 0.6) is 0 Å². The van der Waals surface area contributed by atoms with Gasteiger partial charge in [-0.25, -0.2) is 0 Å². The third kappa shape index (κ3) is 2.82. The molecular formula is C15H26ClN3. The number of hydrogen-bond donors (Lipinski definition) is 1. The molecule has 0 amide bonds. The quantitative estimate of drug-likeness (QED) is 0.918. The van der Waals surface area contributed by atoms with Gasteiger partial charge in [-0.05, 0) is 38.0 Å². The lowest BCUT2D eigenvalue weighted by Gasteiger charge is -2.32. The van der Waals surface area contributed by atoms with Crippen molar-refractivity contribution in [3.8, 4) is 0 Å². The monoisotopic (exact) mass is 283 g/mol. The molecular weight excluding hydrogens is 258 g/mol. The van der Waals surface area contributed by atoms with Gasteiger partial charge in [-0.1, -0.05) is 31.9 Å². The minimum Gasteiger partial charge on any atom is -0.327 e. The van der Waals surface area contributed by atoms with Crippen molar-refractivity contribution in [1.82, 2.24) is 9.78 Å². The van der Waals surface area contributed by atoms with E-state index in [1.807, 2.05) is 11.6 Å². The summed E-state index contributed by atoms with van der Waals surface area (Å²) in [5.74, 6) is 0.587. The highest BCUT2D eigenvalue weighted by Crippen LogP contribution is 2.44. The predicted octanol–water partition coefficient (Wildman–Crippen LogP) is 3.56. The predicted molar refractivity (Wildman–Crippen MR) is 80.4 cm³/mol. The number of aromatic nitrogens is 2. The second-order valence-electron chi connectivity index (χ2n) is 6.52. The molecule has 1 fully saturated rings. The number of halogens is 1. The van der Waals surface area contributed by atoms with Crippen molar-refractivity contribution in [2.45, 2.75) is 66.0 Å². The third-order valence-electron chi connectivity index (χ3n) is 4.74. The van der Waals surface area contributed by atoms with Crippen molar-refractivity contribution < 1.29 is 0 Å². The molecule has 0 radical (unpaired) electrons. The molecule has 0 aliphatic heterocycles. The van der Waals surface area contributed by atoms with Crippen LogP contribution in [0.4, 0.5) is 0 Å². The molecule has 0 bridgehead atoms. The Morgan fingerprint density at radius 2 is 2.21 bits per heavy atom. The molecule has 0 aromatic carbocycles. The fraction of sp³-hybridized carbons (Fsp3) is 0.800. The molecule has 19 heavy (non-hydrogen) atoms. The molecule has 1 heterocycles. The van der Waals surface area contributed by atoms with Crippen LogP contribution in [0.15, 0.2) is 0 Å². The van der Waals surface area contributed by atoms with Gasteiger partial charge in [0.2, 0.25) is 0 Å². The highest BCUT2D eigenvalue weighted by molar-refractivity contribution is 6.31. The van der Waals surface area contributed by atoms with E-state index in [-0.39, 0.29) is 6.04 Å². The SMILES string of the molecule is CCn1nc(C)c(Cl)c1CC(N)C1CCCC1(C)C. The topological polar surface area (TPSA) is 43.8 Å². The standard InChI is InChI=1S/C15H26ClN3/c1-5-19-13(14(16)10(2)18-19)9-12(17)11-7-6-8-15(11,3)4/h11-12H,5-9,17H2,1-4H3. The van der Waals surface area contributed by atoms with Crippen LogP contribution in [0.3, 0.4) is 0 Å². The second-order valence-corrected chi connectivity index (χ2v) is 6.90. The molecule has 1 aromatic rings. The average Bonchev–Trinajstić information content (AvgIpc) is 2.83. The second kappa shape index (κ2) is 5.45. The first-order valence-corrected chi connectivity index (χ1v) is 7.72. The summed E-state index contributed by atoms with van der Waals surface area (Å²) in [6.45, 7) is 9.59. The van der Waals surface area contributed by atoms with Crippen LogP contribution >= 0.6 is 11.6 Å². The molecule has 2 unspecified atom stereocenters. The Bertz CT molecular complexity index is 450. The Balaban J connectivity index is 2.17. The summed E-state index contributed by atoms with van der Waals surface area (Å²) in [5.41, 5.74) is 8.87. The number of nitrogens with two attached hydrogens (primary N) is 1. The molecule has 2 atom stereocenters. The van der Waals surface area contributed by atoms with Crippen LogP contribution in [0.2, 0.25) is 5.02 Å². The van der Waals surface area contributed by atoms with E-state index in [9.17, 15) is 0 Å². The lowest BCUT2D eigenvalue weighted by molar-refractivity contribution is 0.218. The lowest BCUT2D eigenvalue weighted by Crippen LogP contribution is -2.38. The maximum atomic E-state index is 6.49.